The van der Waals surface area contributed by atoms with Crippen LogP contribution in [0.4, 0.5) is 0 Å². The van der Waals surface area contributed by atoms with Crippen molar-refractivity contribution in [2.24, 2.45) is 7.05 Å². The number of tetrazole rings is 1. The first-order valence-corrected chi connectivity index (χ1v) is 4.88. The van der Waals surface area contributed by atoms with E-state index in [1.54, 1.807) is 7.05 Å². The van der Waals surface area contributed by atoms with Crippen molar-refractivity contribution in [3.8, 4) is 0 Å². The van der Waals surface area contributed by atoms with E-state index in [0.29, 0.717) is 12.8 Å². The van der Waals surface area contributed by atoms with Gasteiger partial charge < -0.3 is 0 Å². The number of nitrogens with zero attached hydrogens (tertiary/aromatic N) is 4. The van der Waals surface area contributed by atoms with Crippen LogP contribution >= 0.6 is 11.6 Å². The summed E-state index contributed by atoms with van der Waals surface area (Å²) in [5, 5.41) is 10.8. The average Bonchev–Trinajstić information content (AvgIpc) is 2.77. The van der Waals surface area contributed by atoms with Crippen molar-refractivity contribution in [1.82, 2.24) is 20.2 Å². The summed E-state index contributed by atoms with van der Waals surface area (Å²) >= 11 is 5.87. The summed E-state index contributed by atoms with van der Waals surface area (Å²) in [4.78, 5) is 23.3. The summed E-state index contributed by atoms with van der Waals surface area (Å²) in [7, 11) is 1.55. The van der Waals surface area contributed by atoms with Crippen LogP contribution in [0.2, 0.25) is 0 Å². The van der Waals surface area contributed by atoms with E-state index in [0.717, 1.165) is 0 Å². The van der Waals surface area contributed by atoms with Gasteiger partial charge in [-0.2, -0.15) is 4.80 Å². The van der Waals surface area contributed by atoms with Crippen molar-refractivity contribution in [2.45, 2.75) is 24.1 Å². The van der Waals surface area contributed by atoms with Gasteiger partial charge in [0.1, 0.15) is 4.87 Å². The van der Waals surface area contributed by atoms with E-state index in [9.17, 15) is 9.59 Å². The molecule has 0 atom stereocenters. The third-order valence-corrected chi connectivity index (χ3v) is 2.86. The Morgan fingerprint density at radius 3 is 2.67 bits per heavy atom. The van der Waals surface area contributed by atoms with E-state index in [1.165, 1.54) is 4.80 Å². The number of rotatable bonds is 4. The Hall–Kier alpha value is -1.30. The topological polar surface area (TPSA) is 77.7 Å². The predicted octanol–water partition coefficient (Wildman–Crippen LogP) is 0.123. The van der Waals surface area contributed by atoms with Gasteiger partial charge in [0.15, 0.2) is 5.78 Å². The number of carbonyl (C=O) groups excluding carboxylic acids is 2. The molecule has 6 nitrogen and oxygen atoms in total. The molecule has 0 aromatic carbocycles. The van der Waals surface area contributed by atoms with Crippen molar-refractivity contribution < 1.29 is 9.59 Å². The number of Topliss-reactive ketones (excluding diaryl/α,β-unsaturated/α-hetero) is 2. The number of halogens is 1. The number of hydrogen-bond acceptors (Lipinski definition) is 5. The highest BCUT2D eigenvalue weighted by Gasteiger charge is 2.48. The fourth-order valence-corrected chi connectivity index (χ4v) is 1.33. The molecule has 7 heteroatoms. The van der Waals surface area contributed by atoms with Gasteiger partial charge in [-0.3, -0.25) is 9.59 Å². The Morgan fingerprint density at radius 2 is 2.20 bits per heavy atom. The molecule has 0 aliphatic heterocycles. The van der Waals surface area contributed by atoms with Crippen molar-refractivity contribution >= 4 is 23.2 Å². The molecule has 0 bridgehead atoms. The Morgan fingerprint density at radius 1 is 1.53 bits per heavy atom. The van der Waals surface area contributed by atoms with Crippen molar-refractivity contribution in [3.05, 3.63) is 5.82 Å². The van der Waals surface area contributed by atoms with Crippen molar-refractivity contribution in [1.29, 1.82) is 0 Å². The molecule has 1 aliphatic rings. The molecule has 80 valence electrons. The van der Waals surface area contributed by atoms with Gasteiger partial charge in [-0.15, -0.1) is 21.8 Å². The van der Waals surface area contributed by atoms with Gasteiger partial charge in [0.05, 0.1) is 13.5 Å². The van der Waals surface area contributed by atoms with Crippen LogP contribution in [0, 0.1) is 0 Å². The minimum atomic E-state index is -0.794. The maximum atomic E-state index is 11.5. The van der Waals surface area contributed by atoms with Crippen LogP contribution in [0.3, 0.4) is 0 Å². The van der Waals surface area contributed by atoms with Crippen molar-refractivity contribution in [2.75, 3.05) is 0 Å². The Balaban J connectivity index is 2.01. The Labute approximate surface area is 90.6 Å². The maximum Gasteiger partial charge on any atom is 0.240 e. The van der Waals surface area contributed by atoms with E-state index in [-0.39, 0.29) is 18.0 Å². The third-order valence-electron chi connectivity index (χ3n) is 2.27. The van der Waals surface area contributed by atoms with Crippen LogP contribution < -0.4 is 0 Å². The first-order valence-electron chi connectivity index (χ1n) is 4.51. The van der Waals surface area contributed by atoms with Gasteiger partial charge in [-0.25, -0.2) is 0 Å². The number of aryl methyl sites for hydroxylation is 1. The number of hydrogen-bond donors (Lipinski definition) is 0. The molecule has 1 fully saturated rings. The molecule has 0 N–H and O–H groups in total. The standard InChI is InChI=1S/C8H9ClN4O2/c1-13-11-7(10-12-13)5(14)4-6(15)8(9)2-3-8/h2-4H2,1H3. The molecule has 1 aromatic rings. The summed E-state index contributed by atoms with van der Waals surface area (Å²) in [5.41, 5.74) is 0. The second-order valence-corrected chi connectivity index (χ2v) is 4.31. The maximum absolute atomic E-state index is 11.5. The third kappa shape index (κ3) is 2.04. The highest BCUT2D eigenvalue weighted by molar-refractivity contribution is 6.39. The fraction of sp³-hybridized carbons (Fsp3) is 0.625. The molecular weight excluding hydrogens is 220 g/mol. The number of ketones is 2. The Bertz CT molecular complexity index is 424. The van der Waals surface area contributed by atoms with Crippen LogP contribution in [0.25, 0.3) is 0 Å². The van der Waals surface area contributed by atoms with E-state index in [4.69, 9.17) is 11.6 Å². The molecule has 15 heavy (non-hydrogen) atoms. The molecule has 1 saturated carbocycles. The zero-order valence-corrected chi connectivity index (χ0v) is 8.86. The number of carbonyl (C=O) groups is 2. The minimum Gasteiger partial charge on any atom is -0.297 e. The lowest BCUT2D eigenvalue weighted by molar-refractivity contribution is -0.118. The lowest BCUT2D eigenvalue weighted by atomic mass is 10.1. The molecule has 0 spiro atoms. The SMILES string of the molecule is Cn1nnc(C(=O)CC(=O)C2(Cl)CC2)n1. The first-order chi connectivity index (χ1) is 7.01. The average molecular weight is 229 g/mol. The summed E-state index contributed by atoms with van der Waals surface area (Å²) in [6.07, 6.45) is 1.05. The molecule has 1 aliphatic carbocycles. The summed E-state index contributed by atoms with van der Waals surface area (Å²) < 4.78 is 0. The largest absolute Gasteiger partial charge is 0.297 e. The lowest BCUT2D eigenvalue weighted by Crippen LogP contribution is -2.20. The van der Waals surface area contributed by atoms with Gasteiger partial charge in [-0.1, -0.05) is 0 Å². The second kappa shape index (κ2) is 3.37. The first kappa shape index (κ1) is 10.2. The van der Waals surface area contributed by atoms with E-state index < -0.39 is 10.7 Å². The molecule has 2 rings (SSSR count). The Kier molecular flexibility index (Phi) is 2.30. The number of aromatic nitrogens is 4. The van der Waals surface area contributed by atoms with Gasteiger partial charge in [0.25, 0.3) is 0 Å². The molecule has 0 amide bonds. The second-order valence-electron chi connectivity index (χ2n) is 3.59. The van der Waals surface area contributed by atoms with Crippen molar-refractivity contribution in [3.63, 3.8) is 0 Å². The monoisotopic (exact) mass is 228 g/mol. The smallest absolute Gasteiger partial charge is 0.240 e. The molecular formula is C8H9ClN4O2. The van der Waals surface area contributed by atoms with Crippen LogP contribution in [0.5, 0.6) is 0 Å². The molecule has 0 unspecified atom stereocenters. The van der Waals surface area contributed by atoms with Gasteiger partial charge >= 0.3 is 0 Å². The van der Waals surface area contributed by atoms with Gasteiger partial charge in [-0.05, 0) is 18.1 Å². The molecule has 0 radical (unpaired) electrons. The van der Waals surface area contributed by atoms with Gasteiger partial charge in [0.2, 0.25) is 11.6 Å². The molecule has 1 aromatic heterocycles. The zero-order chi connectivity index (χ0) is 11.1. The summed E-state index contributed by atoms with van der Waals surface area (Å²) in [6, 6.07) is 0. The summed E-state index contributed by atoms with van der Waals surface area (Å²) in [6.45, 7) is 0. The normalized spacial score (nSPS) is 17.5. The minimum absolute atomic E-state index is 0.0354. The quantitative estimate of drug-likeness (QED) is 0.416. The fourth-order valence-electron chi connectivity index (χ4n) is 1.17. The van der Waals surface area contributed by atoms with Crippen LogP contribution in [0.1, 0.15) is 29.9 Å². The van der Waals surface area contributed by atoms with Crippen LogP contribution in [0.15, 0.2) is 0 Å². The van der Waals surface area contributed by atoms with Gasteiger partial charge in [0, 0.05) is 0 Å². The summed E-state index contributed by atoms with van der Waals surface area (Å²) in [5.74, 6) is -0.714. The zero-order valence-electron chi connectivity index (χ0n) is 8.10. The van der Waals surface area contributed by atoms with E-state index in [1.807, 2.05) is 0 Å². The molecule has 1 heterocycles. The van der Waals surface area contributed by atoms with Crippen LogP contribution in [-0.4, -0.2) is 36.6 Å². The van der Waals surface area contributed by atoms with E-state index in [2.05, 4.69) is 15.4 Å². The highest BCUT2D eigenvalue weighted by atomic mass is 35.5. The van der Waals surface area contributed by atoms with E-state index >= 15 is 0 Å². The number of alkyl halides is 1. The predicted molar refractivity (Wildman–Crippen MR) is 50.6 cm³/mol. The lowest BCUT2D eigenvalue weighted by Gasteiger charge is -2.01. The molecule has 0 saturated heterocycles. The van der Waals surface area contributed by atoms with Crippen LogP contribution in [-0.2, 0) is 11.8 Å². The highest BCUT2D eigenvalue weighted by Crippen LogP contribution is 2.44.